The molecule has 0 amide bonds. The molecule has 1 heterocycles. The standard InChI is InChI=1S/C15H20FNO3/c1-10-8-11(5-6-13(10)16)14(15(18)19-2)17-9-12-4-3-7-20-12/h5-6,8,12,14,17H,3-4,7,9H2,1-2H3. The van der Waals surface area contributed by atoms with E-state index in [-0.39, 0.29) is 17.9 Å². The summed E-state index contributed by atoms with van der Waals surface area (Å²) in [5.41, 5.74) is 1.21. The molecule has 1 aliphatic rings. The number of carbonyl (C=O) groups is 1. The predicted octanol–water partition coefficient (Wildman–Crippen LogP) is 2.12. The summed E-state index contributed by atoms with van der Waals surface area (Å²) in [6.45, 7) is 3.02. The van der Waals surface area contributed by atoms with E-state index in [0.29, 0.717) is 17.7 Å². The van der Waals surface area contributed by atoms with Crippen LogP contribution in [0.1, 0.15) is 30.0 Å². The minimum atomic E-state index is -0.594. The van der Waals surface area contributed by atoms with Crippen molar-refractivity contribution < 1.29 is 18.7 Å². The van der Waals surface area contributed by atoms with Gasteiger partial charge in [-0.25, -0.2) is 9.18 Å². The second-order valence-corrected chi connectivity index (χ2v) is 5.01. The van der Waals surface area contributed by atoms with Crippen molar-refractivity contribution in [2.24, 2.45) is 0 Å². The molecule has 1 fully saturated rings. The number of hydrogen-bond acceptors (Lipinski definition) is 4. The van der Waals surface area contributed by atoms with Gasteiger partial charge in [-0.2, -0.15) is 0 Å². The third kappa shape index (κ3) is 3.55. The highest BCUT2D eigenvalue weighted by atomic mass is 19.1. The second kappa shape index (κ2) is 6.81. The van der Waals surface area contributed by atoms with Crippen LogP contribution in [-0.4, -0.2) is 32.3 Å². The number of rotatable bonds is 5. The molecule has 2 rings (SSSR count). The van der Waals surface area contributed by atoms with Gasteiger partial charge in [0.15, 0.2) is 0 Å². The minimum absolute atomic E-state index is 0.128. The number of carbonyl (C=O) groups excluding carboxylic acids is 1. The minimum Gasteiger partial charge on any atom is -0.468 e. The van der Waals surface area contributed by atoms with Crippen LogP contribution < -0.4 is 5.32 Å². The van der Waals surface area contributed by atoms with E-state index >= 15 is 0 Å². The van der Waals surface area contributed by atoms with Crippen LogP contribution in [-0.2, 0) is 14.3 Å². The molecule has 0 radical (unpaired) electrons. The summed E-state index contributed by atoms with van der Waals surface area (Å²) < 4.78 is 23.7. The van der Waals surface area contributed by atoms with Crippen LogP contribution in [0.4, 0.5) is 4.39 Å². The summed E-state index contributed by atoms with van der Waals surface area (Å²) in [5, 5.41) is 3.15. The lowest BCUT2D eigenvalue weighted by Crippen LogP contribution is -2.35. The number of nitrogens with one attached hydrogen (secondary N) is 1. The number of benzene rings is 1. The molecule has 4 nitrogen and oxygen atoms in total. The molecule has 0 bridgehead atoms. The Bertz CT molecular complexity index is 472. The topological polar surface area (TPSA) is 47.6 Å². The average Bonchev–Trinajstić information content (AvgIpc) is 2.95. The van der Waals surface area contributed by atoms with Crippen LogP contribution in [0.3, 0.4) is 0 Å². The van der Waals surface area contributed by atoms with Gasteiger partial charge >= 0.3 is 5.97 Å². The van der Waals surface area contributed by atoms with Crippen LogP contribution >= 0.6 is 0 Å². The maximum atomic E-state index is 13.3. The molecule has 0 aliphatic carbocycles. The summed E-state index contributed by atoms with van der Waals surface area (Å²) in [6.07, 6.45) is 2.16. The number of halogens is 1. The first-order chi connectivity index (χ1) is 9.61. The second-order valence-electron chi connectivity index (χ2n) is 5.01. The third-order valence-corrected chi connectivity index (χ3v) is 3.53. The maximum absolute atomic E-state index is 13.3. The van der Waals surface area contributed by atoms with E-state index in [4.69, 9.17) is 9.47 Å². The van der Waals surface area contributed by atoms with Crippen LogP contribution in [0.2, 0.25) is 0 Å². The van der Waals surface area contributed by atoms with E-state index in [1.54, 1.807) is 19.1 Å². The number of hydrogen-bond donors (Lipinski definition) is 1. The molecule has 5 heteroatoms. The Morgan fingerprint density at radius 3 is 3.00 bits per heavy atom. The van der Waals surface area contributed by atoms with E-state index in [9.17, 15) is 9.18 Å². The molecule has 0 aromatic heterocycles. The Morgan fingerprint density at radius 2 is 2.40 bits per heavy atom. The van der Waals surface area contributed by atoms with Crippen LogP contribution in [0.15, 0.2) is 18.2 Å². The molecule has 1 aromatic rings. The molecular weight excluding hydrogens is 261 g/mol. The highest BCUT2D eigenvalue weighted by Gasteiger charge is 2.24. The van der Waals surface area contributed by atoms with Gasteiger partial charge in [-0.15, -0.1) is 0 Å². The van der Waals surface area contributed by atoms with Gasteiger partial charge in [0.25, 0.3) is 0 Å². The van der Waals surface area contributed by atoms with Crippen molar-refractivity contribution in [3.8, 4) is 0 Å². The van der Waals surface area contributed by atoms with E-state index < -0.39 is 6.04 Å². The van der Waals surface area contributed by atoms with E-state index in [2.05, 4.69) is 5.32 Å². The summed E-state index contributed by atoms with van der Waals surface area (Å²) in [6, 6.07) is 4.05. The number of ether oxygens (including phenoxy) is 2. The van der Waals surface area contributed by atoms with Crippen LogP contribution in [0.25, 0.3) is 0 Å². The summed E-state index contributed by atoms with van der Waals surface area (Å²) in [5.74, 6) is -0.662. The van der Waals surface area contributed by atoms with Gasteiger partial charge in [0.05, 0.1) is 13.2 Å². The first kappa shape index (κ1) is 14.9. The maximum Gasteiger partial charge on any atom is 0.327 e. The molecule has 20 heavy (non-hydrogen) atoms. The third-order valence-electron chi connectivity index (χ3n) is 3.53. The first-order valence-corrected chi connectivity index (χ1v) is 6.80. The van der Waals surface area contributed by atoms with Crippen molar-refractivity contribution >= 4 is 5.97 Å². The zero-order chi connectivity index (χ0) is 14.5. The quantitative estimate of drug-likeness (QED) is 0.840. The van der Waals surface area contributed by atoms with Gasteiger partial charge in [0.2, 0.25) is 0 Å². The Kier molecular flexibility index (Phi) is 5.09. The van der Waals surface area contributed by atoms with E-state index in [0.717, 1.165) is 19.4 Å². The molecule has 1 N–H and O–H groups in total. The Hall–Kier alpha value is -1.46. The van der Waals surface area contributed by atoms with Crippen molar-refractivity contribution in [1.29, 1.82) is 0 Å². The van der Waals surface area contributed by atoms with E-state index in [1.165, 1.54) is 13.2 Å². The molecule has 1 aromatic carbocycles. The fraction of sp³-hybridized carbons (Fsp3) is 0.533. The van der Waals surface area contributed by atoms with Crippen molar-refractivity contribution in [1.82, 2.24) is 5.32 Å². The molecule has 2 atom stereocenters. The molecule has 2 unspecified atom stereocenters. The normalized spacial score (nSPS) is 19.9. The fourth-order valence-electron chi connectivity index (χ4n) is 2.36. The molecule has 0 saturated carbocycles. The summed E-state index contributed by atoms with van der Waals surface area (Å²) in [4.78, 5) is 11.9. The van der Waals surface area contributed by atoms with Gasteiger partial charge in [0.1, 0.15) is 11.9 Å². The van der Waals surface area contributed by atoms with Gasteiger partial charge in [-0.05, 0) is 37.0 Å². The Balaban J connectivity index is 2.09. The SMILES string of the molecule is COC(=O)C(NCC1CCCO1)c1ccc(F)c(C)c1. The van der Waals surface area contributed by atoms with Crippen LogP contribution in [0.5, 0.6) is 0 Å². The smallest absolute Gasteiger partial charge is 0.327 e. The largest absolute Gasteiger partial charge is 0.468 e. The summed E-state index contributed by atoms with van der Waals surface area (Å²) >= 11 is 0. The monoisotopic (exact) mass is 281 g/mol. The Labute approximate surface area is 118 Å². The lowest BCUT2D eigenvalue weighted by atomic mass is 10.0. The molecule has 1 saturated heterocycles. The molecular formula is C15H20FNO3. The van der Waals surface area contributed by atoms with Gasteiger partial charge in [-0.1, -0.05) is 12.1 Å². The lowest BCUT2D eigenvalue weighted by Gasteiger charge is -2.19. The predicted molar refractivity (Wildman–Crippen MR) is 72.9 cm³/mol. The van der Waals surface area contributed by atoms with Crippen molar-refractivity contribution in [2.75, 3.05) is 20.3 Å². The number of methoxy groups -OCH3 is 1. The average molecular weight is 281 g/mol. The van der Waals surface area contributed by atoms with Crippen molar-refractivity contribution in [3.63, 3.8) is 0 Å². The first-order valence-electron chi connectivity index (χ1n) is 6.80. The number of aryl methyl sites for hydroxylation is 1. The lowest BCUT2D eigenvalue weighted by molar-refractivity contribution is -0.143. The zero-order valence-corrected chi connectivity index (χ0v) is 11.8. The van der Waals surface area contributed by atoms with Crippen LogP contribution in [0, 0.1) is 12.7 Å². The van der Waals surface area contributed by atoms with Crippen molar-refractivity contribution in [2.45, 2.75) is 31.9 Å². The van der Waals surface area contributed by atoms with Gasteiger partial charge in [-0.3, -0.25) is 5.32 Å². The highest BCUT2D eigenvalue weighted by Crippen LogP contribution is 2.19. The fourth-order valence-corrected chi connectivity index (χ4v) is 2.36. The van der Waals surface area contributed by atoms with Crippen molar-refractivity contribution in [3.05, 3.63) is 35.1 Å². The van der Waals surface area contributed by atoms with Gasteiger partial charge in [0, 0.05) is 13.2 Å². The van der Waals surface area contributed by atoms with Gasteiger partial charge < -0.3 is 9.47 Å². The molecule has 1 aliphatic heterocycles. The highest BCUT2D eigenvalue weighted by molar-refractivity contribution is 5.77. The summed E-state index contributed by atoms with van der Waals surface area (Å²) in [7, 11) is 1.35. The molecule has 110 valence electrons. The zero-order valence-electron chi connectivity index (χ0n) is 11.8. The number of esters is 1. The Morgan fingerprint density at radius 1 is 1.60 bits per heavy atom. The van der Waals surface area contributed by atoms with E-state index in [1.807, 2.05) is 0 Å². The molecule has 0 spiro atoms.